The Bertz CT molecular complexity index is 159. The van der Waals surface area contributed by atoms with E-state index in [0.717, 1.165) is 19.3 Å². The Hall–Kier alpha value is -0.590. The van der Waals surface area contributed by atoms with Gasteiger partial charge in [-0.05, 0) is 12.8 Å². The van der Waals surface area contributed by atoms with Crippen LogP contribution < -0.4 is 0 Å². The maximum absolute atomic E-state index is 11.3. The van der Waals surface area contributed by atoms with E-state index >= 15 is 0 Å². The number of Topliss-reactive ketones (excluding diaryl/α,β-unsaturated/α-hetero) is 1. The fourth-order valence-electron chi connectivity index (χ4n) is 1.33. The van der Waals surface area contributed by atoms with E-state index in [4.69, 9.17) is 0 Å². The summed E-state index contributed by atoms with van der Waals surface area (Å²) < 4.78 is 0. The Morgan fingerprint density at radius 1 is 1.00 bits per heavy atom. The molecule has 0 spiro atoms. The summed E-state index contributed by atoms with van der Waals surface area (Å²) in [5.41, 5.74) is 0. The zero-order valence-electron chi connectivity index (χ0n) is 9.72. The van der Waals surface area contributed by atoms with Crippen molar-refractivity contribution >= 4 is 5.78 Å². The molecule has 0 aromatic rings. The molecule has 0 radical (unpaired) electrons. The first-order chi connectivity index (χ1) is 6.81. The van der Waals surface area contributed by atoms with Gasteiger partial charge in [-0.2, -0.15) is 0 Å². The highest BCUT2D eigenvalue weighted by molar-refractivity contribution is 5.79. The van der Waals surface area contributed by atoms with Crippen LogP contribution in [0.4, 0.5) is 0 Å². The first-order valence-electron chi connectivity index (χ1n) is 5.98. The summed E-state index contributed by atoms with van der Waals surface area (Å²) in [7, 11) is 0. The van der Waals surface area contributed by atoms with Crippen LogP contribution in [0.2, 0.25) is 0 Å². The highest BCUT2D eigenvalue weighted by Gasteiger charge is 1.97. The average molecular weight is 196 g/mol. The molecular weight excluding hydrogens is 172 g/mol. The number of carbonyl (C=O) groups excluding carboxylic acids is 1. The molecule has 82 valence electrons. The van der Waals surface area contributed by atoms with E-state index in [1.54, 1.807) is 0 Å². The molecule has 0 aromatic carbocycles. The summed E-state index contributed by atoms with van der Waals surface area (Å²) in [6.45, 7) is 4.35. The minimum absolute atomic E-state index is 0.395. The molecule has 1 nitrogen and oxygen atoms in total. The fraction of sp³-hybridized carbons (Fsp3) is 0.769. The number of hydrogen-bond acceptors (Lipinski definition) is 1. The number of hydrogen-bond donors (Lipinski definition) is 0. The Labute approximate surface area is 88.6 Å². The molecule has 0 heterocycles. The summed E-state index contributed by atoms with van der Waals surface area (Å²) in [6.07, 6.45) is 12.6. The summed E-state index contributed by atoms with van der Waals surface area (Å²) in [5, 5.41) is 0. The molecule has 0 aromatic heterocycles. The van der Waals surface area contributed by atoms with Crippen LogP contribution >= 0.6 is 0 Å². The molecule has 0 aliphatic heterocycles. The highest BCUT2D eigenvalue weighted by atomic mass is 16.1. The van der Waals surface area contributed by atoms with Gasteiger partial charge in [-0.1, -0.05) is 51.7 Å². The lowest BCUT2D eigenvalue weighted by Gasteiger charge is -1.96. The van der Waals surface area contributed by atoms with Gasteiger partial charge in [-0.15, -0.1) is 0 Å². The summed E-state index contributed by atoms with van der Waals surface area (Å²) in [4.78, 5) is 11.3. The standard InChI is InChI=1S/C13H24O/c1-3-5-7-8-10-12-13(14)11-9-6-4-2/h8,10H,3-7,9,11-12H2,1-2H3. The second kappa shape index (κ2) is 10.5. The van der Waals surface area contributed by atoms with Gasteiger partial charge in [-0.3, -0.25) is 4.79 Å². The van der Waals surface area contributed by atoms with E-state index in [0.29, 0.717) is 12.2 Å². The molecule has 1 heteroatoms. The number of carbonyl (C=O) groups is 1. The van der Waals surface area contributed by atoms with Crippen LogP contribution in [0, 0.1) is 0 Å². The van der Waals surface area contributed by atoms with Gasteiger partial charge in [0.2, 0.25) is 0 Å². The molecule has 0 saturated carbocycles. The molecule has 14 heavy (non-hydrogen) atoms. The predicted molar refractivity (Wildman–Crippen MR) is 62.4 cm³/mol. The van der Waals surface area contributed by atoms with E-state index in [1.165, 1.54) is 25.7 Å². The summed E-state index contributed by atoms with van der Waals surface area (Å²) in [5.74, 6) is 0.395. The van der Waals surface area contributed by atoms with Gasteiger partial charge in [-0.25, -0.2) is 0 Å². The van der Waals surface area contributed by atoms with E-state index in [9.17, 15) is 4.79 Å². The molecule has 0 saturated heterocycles. The second-order valence-electron chi connectivity index (χ2n) is 3.81. The van der Waals surface area contributed by atoms with Crippen LogP contribution in [-0.2, 0) is 4.79 Å². The van der Waals surface area contributed by atoms with Gasteiger partial charge < -0.3 is 0 Å². The van der Waals surface area contributed by atoms with Gasteiger partial charge in [0.15, 0.2) is 0 Å². The van der Waals surface area contributed by atoms with Gasteiger partial charge >= 0.3 is 0 Å². The molecule has 0 unspecified atom stereocenters. The van der Waals surface area contributed by atoms with Crippen LogP contribution in [-0.4, -0.2) is 5.78 Å². The van der Waals surface area contributed by atoms with Crippen molar-refractivity contribution < 1.29 is 4.79 Å². The number of allylic oxidation sites excluding steroid dienone is 2. The summed E-state index contributed by atoms with van der Waals surface area (Å²) >= 11 is 0. The smallest absolute Gasteiger partial charge is 0.136 e. The summed E-state index contributed by atoms with van der Waals surface area (Å²) in [6, 6.07) is 0. The van der Waals surface area contributed by atoms with Crippen molar-refractivity contribution in [3.05, 3.63) is 12.2 Å². The highest BCUT2D eigenvalue weighted by Crippen LogP contribution is 2.03. The second-order valence-corrected chi connectivity index (χ2v) is 3.81. The van der Waals surface area contributed by atoms with Gasteiger partial charge in [0.05, 0.1) is 0 Å². The van der Waals surface area contributed by atoms with E-state index < -0.39 is 0 Å². The largest absolute Gasteiger partial charge is 0.299 e. The maximum atomic E-state index is 11.3. The normalized spacial score (nSPS) is 11.0. The molecule has 0 amide bonds. The number of ketones is 1. The first kappa shape index (κ1) is 13.4. The zero-order chi connectivity index (χ0) is 10.6. The Kier molecular flexibility index (Phi) is 10.0. The quantitative estimate of drug-likeness (QED) is 0.397. The van der Waals surface area contributed by atoms with Crippen LogP contribution in [0.3, 0.4) is 0 Å². The monoisotopic (exact) mass is 196 g/mol. The lowest BCUT2D eigenvalue weighted by Crippen LogP contribution is -1.94. The first-order valence-corrected chi connectivity index (χ1v) is 5.98. The maximum Gasteiger partial charge on any atom is 0.136 e. The van der Waals surface area contributed by atoms with Crippen molar-refractivity contribution in [2.24, 2.45) is 0 Å². The zero-order valence-corrected chi connectivity index (χ0v) is 9.72. The SMILES string of the molecule is CCCCC=CCC(=O)CCCCC. The molecule has 0 bridgehead atoms. The third-order valence-corrected chi connectivity index (χ3v) is 2.30. The van der Waals surface area contributed by atoms with Crippen molar-refractivity contribution in [1.82, 2.24) is 0 Å². The third-order valence-electron chi connectivity index (χ3n) is 2.30. The third kappa shape index (κ3) is 9.50. The average Bonchev–Trinajstić information content (AvgIpc) is 2.18. The molecule has 0 atom stereocenters. The molecular formula is C13H24O. The van der Waals surface area contributed by atoms with Crippen LogP contribution in [0.5, 0.6) is 0 Å². The van der Waals surface area contributed by atoms with Gasteiger partial charge in [0.1, 0.15) is 5.78 Å². The van der Waals surface area contributed by atoms with Gasteiger partial charge in [0.25, 0.3) is 0 Å². The van der Waals surface area contributed by atoms with Crippen molar-refractivity contribution in [2.45, 2.75) is 65.2 Å². The molecule has 0 fully saturated rings. The van der Waals surface area contributed by atoms with Crippen LogP contribution in [0.1, 0.15) is 65.2 Å². The molecule has 0 rings (SSSR count). The van der Waals surface area contributed by atoms with E-state index in [2.05, 4.69) is 19.9 Å². The van der Waals surface area contributed by atoms with Crippen molar-refractivity contribution in [3.63, 3.8) is 0 Å². The van der Waals surface area contributed by atoms with E-state index in [1.807, 2.05) is 6.08 Å². The van der Waals surface area contributed by atoms with E-state index in [-0.39, 0.29) is 0 Å². The Morgan fingerprint density at radius 3 is 2.36 bits per heavy atom. The lowest BCUT2D eigenvalue weighted by molar-refractivity contribution is -0.118. The minimum atomic E-state index is 0.395. The predicted octanol–water partition coefficient (Wildman–Crippen LogP) is 4.27. The Morgan fingerprint density at radius 2 is 1.71 bits per heavy atom. The van der Waals surface area contributed by atoms with Crippen molar-refractivity contribution in [2.75, 3.05) is 0 Å². The van der Waals surface area contributed by atoms with Crippen molar-refractivity contribution in [3.8, 4) is 0 Å². The topological polar surface area (TPSA) is 17.1 Å². The number of rotatable bonds is 9. The minimum Gasteiger partial charge on any atom is -0.299 e. The van der Waals surface area contributed by atoms with Crippen LogP contribution in [0.15, 0.2) is 12.2 Å². The van der Waals surface area contributed by atoms with Gasteiger partial charge in [0, 0.05) is 12.8 Å². The Balaban J connectivity index is 3.29. The molecule has 0 aliphatic rings. The fourth-order valence-corrected chi connectivity index (χ4v) is 1.33. The molecule has 0 N–H and O–H groups in total. The number of unbranched alkanes of at least 4 members (excludes halogenated alkanes) is 4. The molecule has 0 aliphatic carbocycles. The lowest BCUT2D eigenvalue weighted by atomic mass is 10.1. The van der Waals surface area contributed by atoms with Crippen LogP contribution in [0.25, 0.3) is 0 Å². The van der Waals surface area contributed by atoms with Crippen molar-refractivity contribution in [1.29, 1.82) is 0 Å².